The van der Waals surface area contributed by atoms with Crippen LogP contribution in [0.5, 0.6) is 5.75 Å². The monoisotopic (exact) mass is 343 g/mol. The number of amidine groups is 1. The van der Waals surface area contributed by atoms with E-state index in [9.17, 15) is 5.11 Å². The minimum absolute atomic E-state index is 0.580. The molecule has 0 spiro atoms. The lowest BCUT2D eigenvalue weighted by Crippen LogP contribution is -2.40. The molecular weight excluding hydrogens is 320 g/mol. The Morgan fingerprint density at radius 1 is 1.25 bits per heavy atom. The highest BCUT2D eigenvalue weighted by molar-refractivity contribution is 7.10. The van der Waals surface area contributed by atoms with E-state index in [2.05, 4.69) is 21.6 Å². The number of aliphatic hydroxyl groups is 1. The standard InChI is InChI=1S/C19H23N2O2S/c1-2-23-16-10-8-15(9-11-16)20-14-19(22,17-6-5-13-24-17)21-12-4-3-7-18(20)21/h5-6,8-11,13,22H,2-4,7,12,14H2,1H3/q+1/t19-/m1/s1. The number of thiophene rings is 1. The summed E-state index contributed by atoms with van der Waals surface area (Å²) < 4.78 is 7.75. The Bertz CT molecular complexity index is 739. The van der Waals surface area contributed by atoms with Gasteiger partial charge in [0.2, 0.25) is 0 Å². The number of benzene rings is 1. The third-order valence-corrected chi connectivity index (χ3v) is 5.87. The molecule has 0 saturated carbocycles. The predicted octanol–water partition coefficient (Wildman–Crippen LogP) is 3.41. The number of hydrogen-bond donors (Lipinski definition) is 1. The molecule has 126 valence electrons. The van der Waals surface area contributed by atoms with Gasteiger partial charge in [-0.25, -0.2) is 9.48 Å². The van der Waals surface area contributed by atoms with Crippen molar-refractivity contribution < 1.29 is 14.4 Å². The molecule has 2 aliphatic heterocycles. The minimum Gasteiger partial charge on any atom is -0.494 e. The Labute approximate surface area is 146 Å². The number of β-amino-alcohol motifs (C(OH)–C–C–N with tert-alkyl or cyclic N) is 1. The second kappa shape index (κ2) is 6.22. The number of nitrogens with zero attached hydrogens (tertiary/aromatic N) is 2. The van der Waals surface area contributed by atoms with Gasteiger partial charge in [-0.05, 0) is 55.5 Å². The molecule has 4 rings (SSSR count). The van der Waals surface area contributed by atoms with Gasteiger partial charge in [-0.3, -0.25) is 0 Å². The molecule has 0 bridgehead atoms. The molecule has 1 aromatic heterocycles. The largest absolute Gasteiger partial charge is 0.494 e. The molecular formula is C19H23N2O2S+. The second-order valence-corrected chi connectivity index (χ2v) is 7.28. The van der Waals surface area contributed by atoms with Crippen LogP contribution >= 0.6 is 11.3 Å². The van der Waals surface area contributed by atoms with E-state index in [1.807, 2.05) is 36.6 Å². The molecule has 0 radical (unpaired) electrons. The molecule has 1 aromatic carbocycles. The number of ether oxygens (including phenoxy) is 1. The van der Waals surface area contributed by atoms with Crippen molar-refractivity contribution in [1.29, 1.82) is 0 Å². The van der Waals surface area contributed by atoms with E-state index < -0.39 is 5.72 Å². The topological polar surface area (TPSA) is 35.7 Å². The fourth-order valence-electron chi connectivity index (χ4n) is 3.74. The molecule has 1 atom stereocenters. The molecule has 0 saturated heterocycles. The van der Waals surface area contributed by atoms with Gasteiger partial charge in [0, 0.05) is 6.42 Å². The lowest BCUT2D eigenvalue weighted by Gasteiger charge is -2.22. The van der Waals surface area contributed by atoms with Crippen LogP contribution in [0.15, 0.2) is 41.8 Å². The van der Waals surface area contributed by atoms with Gasteiger partial charge in [-0.1, -0.05) is 6.07 Å². The molecule has 4 nitrogen and oxygen atoms in total. The summed E-state index contributed by atoms with van der Waals surface area (Å²) in [6, 6.07) is 12.2. The maximum absolute atomic E-state index is 11.5. The summed E-state index contributed by atoms with van der Waals surface area (Å²) >= 11 is 1.63. The Balaban J connectivity index is 1.71. The van der Waals surface area contributed by atoms with Crippen LogP contribution in [0, 0.1) is 0 Å². The SMILES string of the molecule is CCOc1ccc(N2C[C@@](O)(c3cccs3)[N+]3=C2CCCC3)cc1. The molecule has 0 amide bonds. The average molecular weight is 343 g/mol. The van der Waals surface area contributed by atoms with Crippen LogP contribution in [0.1, 0.15) is 31.1 Å². The second-order valence-electron chi connectivity index (χ2n) is 6.33. The van der Waals surface area contributed by atoms with Crippen molar-refractivity contribution in [3.63, 3.8) is 0 Å². The first kappa shape index (κ1) is 15.7. The van der Waals surface area contributed by atoms with Crippen LogP contribution in [0.25, 0.3) is 0 Å². The predicted molar refractivity (Wildman–Crippen MR) is 97.2 cm³/mol. The maximum atomic E-state index is 11.5. The molecule has 1 N–H and O–H groups in total. The van der Waals surface area contributed by atoms with Crippen molar-refractivity contribution in [2.45, 2.75) is 31.9 Å². The summed E-state index contributed by atoms with van der Waals surface area (Å²) in [6.45, 7) is 4.16. The van der Waals surface area contributed by atoms with Crippen molar-refractivity contribution >= 4 is 22.9 Å². The van der Waals surface area contributed by atoms with E-state index in [4.69, 9.17) is 4.74 Å². The van der Waals surface area contributed by atoms with E-state index in [1.54, 1.807) is 11.3 Å². The van der Waals surface area contributed by atoms with Crippen LogP contribution in [-0.4, -0.2) is 35.2 Å². The van der Waals surface area contributed by atoms with Gasteiger partial charge in [-0.15, -0.1) is 11.3 Å². The van der Waals surface area contributed by atoms with Gasteiger partial charge in [0.25, 0.3) is 11.6 Å². The normalized spacial score (nSPS) is 23.5. The third-order valence-electron chi connectivity index (χ3n) is 4.86. The van der Waals surface area contributed by atoms with E-state index in [-0.39, 0.29) is 0 Å². The van der Waals surface area contributed by atoms with Crippen molar-refractivity contribution in [3.05, 3.63) is 46.7 Å². The molecule has 0 unspecified atom stereocenters. The van der Waals surface area contributed by atoms with Crippen molar-refractivity contribution in [2.75, 3.05) is 24.6 Å². The summed E-state index contributed by atoms with van der Waals surface area (Å²) in [7, 11) is 0. The summed E-state index contributed by atoms with van der Waals surface area (Å²) in [6.07, 6.45) is 3.33. The highest BCUT2D eigenvalue weighted by atomic mass is 32.1. The van der Waals surface area contributed by atoms with Gasteiger partial charge in [0.1, 0.15) is 11.4 Å². The zero-order chi connectivity index (χ0) is 16.6. The average Bonchev–Trinajstić information content (AvgIpc) is 3.24. The van der Waals surface area contributed by atoms with Crippen LogP contribution in [0.4, 0.5) is 5.69 Å². The molecule has 2 aromatic rings. The molecule has 2 aliphatic rings. The summed E-state index contributed by atoms with van der Waals surface area (Å²) in [4.78, 5) is 3.30. The van der Waals surface area contributed by atoms with Gasteiger partial charge in [-0.2, -0.15) is 0 Å². The third kappa shape index (κ3) is 2.52. The minimum atomic E-state index is -0.914. The van der Waals surface area contributed by atoms with Crippen LogP contribution in [0.3, 0.4) is 0 Å². The lowest BCUT2D eigenvalue weighted by atomic mass is 10.1. The quantitative estimate of drug-likeness (QED) is 0.864. The van der Waals surface area contributed by atoms with E-state index in [0.29, 0.717) is 13.2 Å². The highest BCUT2D eigenvalue weighted by Crippen LogP contribution is 2.37. The Kier molecular flexibility index (Phi) is 4.06. The van der Waals surface area contributed by atoms with E-state index in [1.165, 1.54) is 12.3 Å². The van der Waals surface area contributed by atoms with Gasteiger partial charge < -0.3 is 9.84 Å². The number of anilines is 1. The Morgan fingerprint density at radius 3 is 2.79 bits per heavy atom. The highest BCUT2D eigenvalue weighted by Gasteiger charge is 2.53. The summed E-state index contributed by atoms with van der Waals surface area (Å²) in [5, 5.41) is 13.5. The molecule has 3 heterocycles. The smallest absolute Gasteiger partial charge is 0.280 e. The number of rotatable bonds is 4. The summed E-state index contributed by atoms with van der Waals surface area (Å²) in [5.41, 5.74) is 0.204. The maximum Gasteiger partial charge on any atom is 0.280 e. The summed E-state index contributed by atoms with van der Waals surface area (Å²) in [5.74, 6) is 2.13. The lowest BCUT2D eigenvalue weighted by molar-refractivity contribution is -0.660. The van der Waals surface area contributed by atoms with Crippen molar-refractivity contribution in [1.82, 2.24) is 0 Å². The molecule has 0 fully saturated rings. The fraction of sp³-hybridized carbons (Fsp3) is 0.421. The fourth-order valence-corrected chi connectivity index (χ4v) is 4.56. The Morgan fingerprint density at radius 2 is 2.08 bits per heavy atom. The first-order valence-electron chi connectivity index (χ1n) is 8.62. The van der Waals surface area contributed by atoms with Gasteiger partial charge in [0.15, 0.2) is 6.54 Å². The van der Waals surface area contributed by atoms with Crippen molar-refractivity contribution in [2.24, 2.45) is 0 Å². The Hall–Kier alpha value is -1.85. The molecule has 0 aliphatic carbocycles. The van der Waals surface area contributed by atoms with Crippen LogP contribution < -0.4 is 9.64 Å². The van der Waals surface area contributed by atoms with Gasteiger partial charge >= 0.3 is 0 Å². The number of hydrogen-bond acceptors (Lipinski definition) is 4. The first-order valence-corrected chi connectivity index (χ1v) is 9.50. The zero-order valence-corrected chi connectivity index (χ0v) is 14.8. The molecule has 24 heavy (non-hydrogen) atoms. The van der Waals surface area contributed by atoms with Gasteiger partial charge in [0.05, 0.1) is 18.0 Å². The van der Waals surface area contributed by atoms with E-state index in [0.717, 1.165) is 35.7 Å². The zero-order valence-electron chi connectivity index (χ0n) is 13.9. The van der Waals surface area contributed by atoms with E-state index >= 15 is 0 Å². The van der Waals surface area contributed by atoms with Crippen molar-refractivity contribution in [3.8, 4) is 5.75 Å². The first-order chi connectivity index (χ1) is 11.7. The molecule has 5 heteroatoms. The van der Waals surface area contributed by atoms with Crippen LogP contribution in [0.2, 0.25) is 0 Å². The van der Waals surface area contributed by atoms with Crippen LogP contribution in [-0.2, 0) is 5.72 Å².